The van der Waals surface area contributed by atoms with Crippen molar-refractivity contribution < 1.29 is 27.8 Å². The van der Waals surface area contributed by atoms with Gasteiger partial charge in [-0.2, -0.15) is 8.78 Å². The quantitative estimate of drug-likeness (QED) is 0.689. The molecule has 1 aromatic carbocycles. The molecule has 2 aliphatic rings. The maximum Gasteiger partial charge on any atom is 0.411 e. The molecule has 1 aromatic heterocycles. The number of amides is 2. The van der Waals surface area contributed by atoms with Crippen LogP contribution in [0.3, 0.4) is 0 Å². The van der Waals surface area contributed by atoms with Gasteiger partial charge in [0.15, 0.2) is 6.10 Å². The highest BCUT2D eigenvalue weighted by Gasteiger charge is 2.39. The second-order valence-corrected chi connectivity index (χ2v) is 7.26. The number of halogens is 3. The molecule has 158 valence electrons. The molecule has 4 rings (SSSR count). The Kier molecular flexibility index (Phi) is 5.67. The van der Waals surface area contributed by atoms with Crippen LogP contribution in [0.4, 0.5) is 13.6 Å². The molecular weight excluding hydrogens is 422 g/mol. The summed E-state index contributed by atoms with van der Waals surface area (Å²) < 4.78 is 34.7. The molecule has 0 bridgehead atoms. The van der Waals surface area contributed by atoms with Crippen molar-refractivity contribution >= 4 is 23.6 Å². The predicted octanol–water partition coefficient (Wildman–Crippen LogP) is 2.95. The minimum Gasteiger partial charge on any atom is -0.434 e. The van der Waals surface area contributed by atoms with Crippen LogP contribution < -0.4 is 4.74 Å². The van der Waals surface area contributed by atoms with Crippen LogP contribution >= 0.6 is 11.6 Å². The molecular formula is C19H17ClF2N4O4. The van der Waals surface area contributed by atoms with E-state index in [2.05, 4.69) is 14.7 Å². The fourth-order valence-electron chi connectivity index (χ4n) is 3.17. The van der Waals surface area contributed by atoms with Gasteiger partial charge in [0.25, 0.3) is 5.91 Å². The van der Waals surface area contributed by atoms with E-state index < -0.39 is 18.8 Å². The topological polar surface area (TPSA) is 84.9 Å². The summed E-state index contributed by atoms with van der Waals surface area (Å²) in [4.78, 5) is 36.0. The summed E-state index contributed by atoms with van der Waals surface area (Å²) in [6.07, 6.45) is 2.47. The zero-order chi connectivity index (χ0) is 21.3. The summed E-state index contributed by atoms with van der Waals surface area (Å²) in [6.45, 7) is -1.43. The van der Waals surface area contributed by atoms with Crippen molar-refractivity contribution in [2.45, 2.75) is 25.7 Å². The molecule has 0 N–H and O–H groups in total. The van der Waals surface area contributed by atoms with Gasteiger partial charge in [-0.25, -0.2) is 9.78 Å². The number of likely N-dealkylation sites (tertiary alicyclic amines) is 1. The molecule has 0 spiro atoms. The Morgan fingerprint density at radius 2 is 2.13 bits per heavy atom. The maximum atomic E-state index is 12.5. The third-order valence-electron chi connectivity index (χ3n) is 4.81. The highest BCUT2D eigenvalue weighted by Crippen LogP contribution is 2.31. The lowest BCUT2D eigenvalue weighted by atomic mass is 10.1. The van der Waals surface area contributed by atoms with Gasteiger partial charge < -0.3 is 14.4 Å². The van der Waals surface area contributed by atoms with Gasteiger partial charge in [0.1, 0.15) is 5.75 Å². The fraction of sp³-hybridized carbons (Fsp3) is 0.368. The van der Waals surface area contributed by atoms with Crippen LogP contribution in [-0.2, 0) is 16.1 Å². The number of ether oxygens (including phenoxy) is 2. The van der Waals surface area contributed by atoms with Crippen molar-refractivity contribution in [2.75, 3.05) is 19.6 Å². The largest absolute Gasteiger partial charge is 0.434 e. The zero-order valence-electron chi connectivity index (χ0n) is 15.6. The van der Waals surface area contributed by atoms with E-state index in [1.54, 1.807) is 11.0 Å². The number of rotatable bonds is 6. The monoisotopic (exact) mass is 438 g/mol. The fourth-order valence-corrected chi connectivity index (χ4v) is 3.33. The molecule has 0 saturated carbocycles. The zero-order valence-corrected chi connectivity index (χ0v) is 16.4. The van der Waals surface area contributed by atoms with E-state index in [0.717, 1.165) is 6.42 Å². The Balaban J connectivity index is 1.47. The van der Waals surface area contributed by atoms with Crippen LogP contribution in [0, 0.1) is 0 Å². The lowest BCUT2D eigenvalue weighted by Gasteiger charge is -2.32. The number of carbonyl (C=O) groups excluding carboxylic acids is 2. The number of hydrogen-bond acceptors (Lipinski definition) is 6. The molecule has 2 aliphatic heterocycles. The smallest absolute Gasteiger partial charge is 0.411 e. The lowest BCUT2D eigenvalue weighted by Crippen LogP contribution is -2.48. The highest BCUT2D eigenvalue weighted by molar-refractivity contribution is 6.32. The molecule has 11 heteroatoms. The van der Waals surface area contributed by atoms with Crippen molar-refractivity contribution in [3.8, 4) is 17.0 Å². The van der Waals surface area contributed by atoms with Crippen LogP contribution in [0.2, 0.25) is 5.02 Å². The summed E-state index contributed by atoms with van der Waals surface area (Å²) in [7, 11) is 0. The normalized spacial score (nSPS) is 18.4. The molecule has 1 atom stereocenters. The number of alkyl halides is 2. The second-order valence-electron chi connectivity index (χ2n) is 6.85. The van der Waals surface area contributed by atoms with Crippen molar-refractivity contribution in [1.82, 2.24) is 19.8 Å². The van der Waals surface area contributed by atoms with E-state index in [4.69, 9.17) is 16.3 Å². The predicted molar refractivity (Wildman–Crippen MR) is 101 cm³/mol. The Morgan fingerprint density at radius 1 is 1.33 bits per heavy atom. The van der Waals surface area contributed by atoms with Crippen molar-refractivity contribution in [3.05, 3.63) is 41.3 Å². The van der Waals surface area contributed by atoms with Crippen molar-refractivity contribution in [2.24, 2.45) is 0 Å². The molecule has 2 amide bonds. The Morgan fingerprint density at radius 3 is 2.83 bits per heavy atom. The standard InChI is InChI=1S/C19H17ClF2N4O4/c20-13-3-2-11(6-15(13)29-18(21)22)14-8-23-7-12(24-14)9-26-10-16(30-19(26)28)17(27)25-4-1-5-25/h2-3,6-8,16,18H,1,4-5,9-10H2. The van der Waals surface area contributed by atoms with Gasteiger partial charge in [-0.05, 0) is 18.6 Å². The highest BCUT2D eigenvalue weighted by atomic mass is 35.5. The van der Waals surface area contributed by atoms with Gasteiger partial charge in [-0.3, -0.25) is 14.7 Å². The molecule has 2 aromatic rings. The van der Waals surface area contributed by atoms with Gasteiger partial charge in [-0.15, -0.1) is 0 Å². The molecule has 0 aliphatic carbocycles. The Labute approximate surface area is 175 Å². The number of carbonyl (C=O) groups is 2. The van der Waals surface area contributed by atoms with Gasteiger partial charge in [0.2, 0.25) is 0 Å². The Bertz CT molecular complexity index is 973. The molecule has 1 unspecified atom stereocenters. The Hall–Kier alpha value is -3.01. The van der Waals surface area contributed by atoms with Gasteiger partial charge in [-0.1, -0.05) is 17.7 Å². The summed E-state index contributed by atoms with van der Waals surface area (Å²) >= 11 is 5.88. The van der Waals surface area contributed by atoms with Crippen LogP contribution in [0.1, 0.15) is 12.1 Å². The van der Waals surface area contributed by atoms with Crippen LogP contribution in [0.5, 0.6) is 5.75 Å². The molecule has 0 radical (unpaired) electrons. The van der Waals surface area contributed by atoms with Crippen LogP contribution in [0.25, 0.3) is 11.3 Å². The third kappa shape index (κ3) is 4.28. The number of benzene rings is 1. The summed E-state index contributed by atoms with van der Waals surface area (Å²) in [5.41, 5.74) is 1.32. The van der Waals surface area contributed by atoms with E-state index in [0.29, 0.717) is 30.0 Å². The van der Waals surface area contributed by atoms with E-state index >= 15 is 0 Å². The summed E-state index contributed by atoms with van der Waals surface area (Å²) in [5, 5.41) is 0.0425. The van der Waals surface area contributed by atoms with Gasteiger partial charge in [0.05, 0.1) is 41.9 Å². The number of aromatic nitrogens is 2. The van der Waals surface area contributed by atoms with E-state index in [1.807, 2.05) is 0 Å². The SMILES string of the molecule is O=C1OC(C(=O)N2CCC2)CN1Cc1cncc(-c2ccc(Cl)c(OC(F)F)c2)n1. The van der Waals surface area contributed by atoms with Crippen molar-refractivity contribution in [3.63, 3.8) is 0 Å². The number of hydrogen-bond donors (Lipinski definition) is 0. The lowest BCUT2D eigenvalue weighted by molar-refractivity contribution is -0.142. The van der Waals surface area contributed by atoms with Gasteiger partial charge >= 0.3 is 12.7 Å². The summed E-state index contributed by atoms with van der Waals surface area (Å²) in [5.74, 6) is -0.364. The number of nitrogens with zero attached hydrogens (tertiary/aromatic N) is 4. The minimum atomic E-state index is -3.01. The third-order valence-corrected chi connectivity index (χ3v) is 5.12. The van der Waals surface area contributed by atoms with E-state index in [-0.39, 0.29) is 29.8 Å². The minimum absolute atomic E-state index is 0.0425. The first kappa shape index (κ1) is 20.3. The van der Waals surface area contributed by atoms with Crippen LogP contribution in [-0.4, -0.2) is 64.1 Å². The summed E-state index contributed by atoms with van der Waals surface area (Å²) in [6, 6.07) is 4.36. The van der Waals surface area contributed by atoms with E-state index in [1.165, 1.54) is 29.4 Å². The van der Waals surface area contributed by atoms with Gasteiger partial charge in [0, 0.05) is 18.7 Å². The first-order chi connectivity index (χ1) is 14.4. The maximum absolute atomic E-state index is 12.5. The molecule has 2 saturated heterocycles. The van der Waals surface area contributed by atoms with Crippen molar-refractivity contribution in [1.29, 1.82) is 0 Å². The van der Waals surface area contributed by atoms with E-state index in [9.17, 15) is 18.4 Å². The van der Waals surface area contributed by atoms with Crippen LogP contribution in [0.15, 0.2) is 30.6 Å². The molecule has 30 heavy (non-hydrogen) atoms. The molecule has 3 heterocycles. The average molecular weight is 439 g/mol. The first-order valence-corrected chi connectivity index (χ1v) is 9.58. The number of cyclic esters (lactones) is 1. The molecule has 8 nitrogen and oxygen atoms in total. The molecule has 2 fully saturated rings. The second kappa shape index (κ2) is 8.39. The first-order valence-electron chi connectivity index (χ1n) is 9.20. The average Bonchev–Trinajstić information content (AvgIpc) is 3.02.